The Hall–Kier alpha value is -3.11. The molecule has 3 aromatic rings. The summed E-state index contributed by atoms with van der Waals surface area (Å²) in [7, 11) is 1.90. The van der Waals surface area contributed by atoms with E-state index in [1.165, 1.54) is 17.3 Å². The van der Waals surface area contributed by atoms with Crippen molar-refractivity contribution in [3.63, 3.8) is 0 Å². The Labute approximate surface area is 175 Å². The van der Waals surface area contributed by atoms with Gasteiger partial charge in [0.1, 0.15) is 0 Å². The number of hydrogen-bond donors (Lipinski definition) is 0. The lowest BCUT2D eigenvalue weighted by Gasteiger charge is -2.24. The number of rotatable bonds is 7. The predicted molar refractivity (Wildman–Crippen MR) is 116 cm³/mol. The topological polar surface area (TPSA) is 74.8 Å². The molecule has 1 aromatic heterocycles. The number of carbonyl (C=O) groups is 1. The van der Waals surface area contributed by atoms with Crippen molar-refractivity contribution >= 4 is 23.4 Å². The molecule has 0 radical (unpaired) electrons. The molecule has 0 aliphatic carbocycles. The highest BCUT2D eigenvalue weighted by atomic mass is 32.2. The maximum atomic E-state index is 13.1. The van der Waals surface area contributed by atoms with Crippen LogP contribution in [0.3, 0.4) is 0 Å². The van der Waals surface area contributed by atoms with E-state index in [0.29, 0.717) is 11.7 Å². The Bertz CT molecular complexity index is 1010. The fourth-order valence-electron chi connectivity index (χ4n) is 2.94. The van der Waals surface area contributed by atoms with E-state index >= 15 is 0 Å². The molecule has 29 heavy (non-hydrogen) atoms. The Balaban J connectivity index is 1.78. The maximum Gasteiger partial charge on any atom is 0.240 e. The zero-order valence-electron chi connectivity index (χ0n) is 16.7. The summed E-state index contributed by atoms with van der Waals surface area (Å²) in [6.45, 7) is 4.26. The number of para-hydroxylation sites is 1. The van der Waals surface area contributed by atoms with Crippen LogP contribution in [0.25, 0.3) is 11.4 Å². The molecule has 0 N–H and O–H groups in total. The second kappa shape index (κ2) is 9.39. The average Bonchev–Trinajstić information content (AvgIpc) is 3.09. The molecule has 148 valence electrons. The lowest BCUT2D eigenvalue weighted by atomic mass is 10.1. The van der Waals surface area contributed by atoms with E-state index in [2.05, 4.69) is 16.3 Å². The minimum Gasteiger partial charge on any atom is -0.310 e. The van der Waals surface area contributed by atoms with Crippen LogP contribution in [0.1, 0.15) is 18.9 Å². The van der Waals surface area contributed by atoms with Gasteiger partial charge in [-0.05, 0) is 26.0 Å². The monoisotopic (exact) mass is 405 g/mol. The molecule has 0 saturated heterocycles. The summed E-state index contributed by atoms with van der Waals surface area (Å²) < 4.78 is 1.90. The molecular formula is C22H23N5OS. The van der Waals surface area contributed by atoms with Gasteiger partial charge in [-0.15, -0.1) is 10.2 Å². The molecule has 0 fully saturated rings. The summed E-state index contributed by atoms with van der Waals surface area (Å²) in [4.78, 5) is 14.8. The standard InChI is InChI=1S/C22H23N5OS/c1-16-10-12-18(13-11-16)20-24-25-22(26(20)3)29-17(2)21(28)27(15-7-14-23)19-8-5-4-6-9-19/h4-6,8-13,17H,7,15H2,1-3H3. The largest absolute Gasteiger partial charge is 0.310 e. The van der Waals surface area contributed by atoms with Gasteiger partial charge in [-0.3, -0.25) is 4.79 Å². The highest BCUT2D eigenvalue weighted by Gasteiger charge is 2.25. The molecular weight excluding hydrogens is 382 g/mol. The second-order valence-electron chi connectivity index (χ2n) is 6.72. The van der Waals surface area contributed by atoms with Crippen molar-refractivity contribution in [3.8, 4) is 17.5 Å². The van der Waals surface area contributed by atoms with Gasteiger partial charge in [-0.1, -0.05) is 59.8 Å². The van der Waals surface area contributed by atoms with Crippen LogP contribution in [0.4, 0.5) is 5.69 Å². The van der Waals surface area contributed by atoms with Crippen molar-refractivity contribution in [3.05, 3.63) is 60.2 Å². The normalized spacial score (nSPS) is 11.7. The SMILES string of the molecule is Cc1ccc(-c2nnc(SC(C)C(=O)N(CCC#N)c3ccccc3)n2C)cc1. The molecule has 7 heteroatoms. The van der Waals surface area contributed by atoms with Crippen LogP contribution in [0, 0.1) is 18.3 Å². The van der Waals surface area contributed by atoms with E-state index in [4.69, 9.17) is 5.26 Å². The van der Waals surface area contributed by atoms with Crippen molar-refractivity contribution in [2.75, 3.05) is 11.4 Å². The fraction of sp³-hybridized carbons (Fsp3) is 0.273. The first kappa shape index (κ1) is 20.6. The van der Waals surface area contributed by atoms with Crippen molar-refractivity contribution in [2.45, 2.75) is 30.7 Å². The number of aromatic nitrogens is 3. The molecule has 0 aliphatic heterocycles. The highest BCUT2D eigenvalue weighted by molar-refractivity contribution is 8.00. The van der Waals surface area contributed by atoms with E-state index in [0.717, 1.165) is 17.1 Å². The molecule has 0 bridgehead atoms. The van der Waals surface area contributed by atoms with Crippen LogP contribution in [0.2, 0.25) is 0 Å². The van der Waals surface area contributed by atoms with Gasteiger partial charge in [0, 0.05) is 24.8 Å². The lowest BCUT2D eigenvalue weighted by Crippen LogP contribution is -2.37. The maximum absolute atomic E-state index is 13.1. The van der Waals surface area contributed by atoms with E-state index in [9.17, 15) is 4.79 Å². The number of nitriles is 1. The van der Waals surface area contributed by atoms with Crippen LogP contribution >= 0.6 is 11.8 Å². The quantitative estimate of drug-likeness (QED) is 0.550. The van der Waals surface area contributed by atoms with Crippen molar-refractivity contribution in [2.24, 2.45) is 7.05 Å². The Morgan fingerprint density at radius 1 is 1.17 bits per heavy atom. The first-order valence-corrected chi connectivity index (χ1v) is 10.3. The molecule has 0 spiro atoms. The van der Waals surface area contributed by atoms with Gasteiger partial charge in [0.05, 0.1) is 17.7 Å². The molecule has 0 saturated carbocycles. The van der Waals surface area contributed by atoms with Crippen molar-refractivity contribution in [1.29, 1.82) is 5.26 Å². The van der Waals surface area contributed by atoms with Gasteiger partial charge >= 0.3 is 0 Å². The van der Waals surface area contributed by atoms with Crippen LogP contribution < -0.4 is 4.90 Å². The Morgan fingerprint density at radius 3 is 2.52 bits per heavy atom. The molecule has 2 aromatic carbocycles. The molecule has 1 heterocycles. The van der Waals surface area contributed by atoms with Crippen molar-refractivity contribution < 1.29 is 4.79 Å². The van der Waals surface area contributed by atoms with E-state index in [-0.39, 0.29) is 17.6 Å². The fourth-order valence-corrected chi connectivity index (χ4v) is 3.81. The zero-order valence-corrected chi connectivity index (χ0v) is 17.6. The van der Waals surface area contributed by atoms with E-state index < -0.39 is 0 Å². The number of thioether (sulfide) groups is 1. The predicted octanol–water partition coefficient (Wildman–Crippen LogP) is 4.22. The lowest BCUT2D eigenvalue weighted by molar-refractivity contribution is -0.117. The Morgan fingerprint density at radius 2 is 1.86 bits per heavy atom. The van der Waals surface area contributed by atoms with Gasteiger partial charge < -0.3 is 9.47 Å². The average molecular weight is 406 g/mol. The third-order valence-electron chi connectivity index (χ3n) is 4.56. The van der Waals surface area contributed by atoms with Crippen LogP contribution in [0.15, 0.2) is 59.8 Å². The molecule has 3 rings (SSSR count). The molecule has 1 amide bonds. The van der Waals surface area contributed by atoms with E-state index in [1.807, 2.05) is 80.1 Å². The van der Waals surface area contributed by atoms with Gasteiger partial charge in [0.15, 0.2) is 11.0 Å². The zero-order chi connectivity index (χ0) is 20.8. The number of carbonyl (C=O) groups excluding carboxylic acids is 1. The molecule has 1 atom stereocenters. The van der Waals surface area contributed by atoms with Gasteiger partial charge in [-0.2, -0.15) is 5.26 Å². The highest BCUT2D eigenvalue weighted by Crippen LogP contribution is 2.28. The number of benzene rings is 2. The molecule has 6 nitrogen and oxygen atoms in total. The Kier molecular flexibility index (Phi) is 6.68. The third kappa shape index (κ3) is 4.84. The first-order chi connectivity index (χ1) is 14.0. The van der Waals surface area contributed by atoms with Gasteiger partial charge in [-0.25, -0.2) is 0 Å². The van der Waals surface area contributed by atoms with Crippen LogP contribution in [0.5, 0.6) is 0 Å². The van der Waals surface area contributed by atoms with Crippen LogP contribution in [-0.2, 0) is 11.8 Å². The van der Waals surface area contributed by atoms with Crippen molar-refractivity contribution in [1.82, 2.24) is 14.8 Å². The molecule has 0 aliphatic rings. The summed E-state index contributed by atoms with van der Waals surface area (Å²) >= 11 is 1.37. The number of nitrogens with zero attached hydrogens (tertiary/aromatic N) is 5. The minimum absolute atomic E-state index is 0.0589. The summed E-state index contributed by atoms with van der Waals surface area (Å²) in [5.41, 5.74) is 2.96. The minimum atomic E-state index is -0.373. The number of hydrogen-bond acceptors (Lipinski definition) is 5. The smallest absolute Gasteiger partial charge is 0.240 e. The van der Waals surface area contributed by atoms with Gasteiger partial charge in [0.2, 0.25) is 5.91 Å². The second-order valence-corrected chi connectivity index (χ2v) is 8.03. The summed E-state index contributed by atoms with van der Waals surface area (Å²) in [5, 5.41) is 17.9. The first-order valence-electron chi connectivity index (χ1n) is 9.37. The van der Waals surface area contributed by atoms with E-state index in [1.54, 1.807) is 4.90 Å². The van der Waals surface area contributed by atoms with Gasteiger partial charge in [0.25, 0.3) is 0 Å². The summed E-state index contributed by atoms with van der Waals surface area (Å²) in [5.74, 6) is 0.702. The summed E-state index contributed by atoms with van der Waals surface area (Å²) in [6.07, 6.45) is 0.277. The number of anilines is 1. The van der Waals surface area contributed by atoms with Crippen LogP contribution in [-0.4, -0.2) is 32.5 Å². The number of aryl methyl sites for hydroxylation is 1. The molecule has 1 unspecified atom stereocenters. The number of amides is 1. The summed E-state index contributed by atoms with van der Waals surface area (Å²) in [6, 6.07) is 19.7. The third-order valence-corrected chi connectivity index (χ3v) is 5.68.